The maximum Gasteiger partial charge on any atom is 0.123 e. The van der Waals surface area contributed by atoms with Crippen LogP contribution in [0.15, 0.2) is 46.9 Å². The molecule has 2 rings (SSSR count). The topological polar surface area (TPSA) is 12.0 Å². The van der Waals surface area contributed by atoms with E-state index in [-0.39, 0.29) is 11.9 Å². The van der Waals surface area contributed by atoms with Gasteiger partial charge in [-0.3, -0.25) is 0 Å². The van der Waals surface area contributed by atoms with E-state index in [1.165, 1.54) is 6.07 Å². The lowest BCUT2D eigenvalue weighted by molar-refractivity contribution is 0.624. The molecule has 1 unspecified atom stereocenters. The zero-order chi connectivity index (χ0) is 13.8. The molecule has 4 heteroatoms. The van der Waals surface area contributed by atoms with Crippen LogP contribution in [0.25, 0.3) is 0 Å². The fraction of sp³-hybridized carbons (Fsp3) is 0.200. The summed E-state index contributed by atoms with van der Waals surface area (Å²) in [4.78, 5) is 0. The van der Waals surface area contributed by atoms with Crippen LogP contribution in [0.2, 0.25) is 5.02 Å². The van der Waals surface area contributed by atoms with Crippen LogP contribution in [-0.2, 0) is 6.42 Å². The largest absolute Gasteiger partial charge is 0.381 e. The maximum absolute atomic E-state index is 13.1. The predicted molar refractivity (Wildman–Crippen MR) is 82.3 cm³/mol. The van der Waals surface area contributed by atoms with Gasteiger partial charge >= 0.3 is 0 Å². The molecule has 0 fully saturated rings. The average Bonchev–Trinajstić information content (AvgIpc) is 2.35. The van der Waals surface area contributed by atoms with Crippen LogP contribution in [-0.4, -0.2) is 6.04 Å². The molecule has 2 aromatic carbocycles. The molecule has 1 atom stereocenters. The molecule has 1 nitrogen and oxygen atoms in total. The van der Waals surface area contributed by atoms with Gasteiger partial charge in [-0.05, 0) is 59.1 Å². The van der Waals surface area contributed by atoms with Crippen molar-refractivity contribution in [3.8, 4) is 0 Å². The van der Waals surface area contributed by atoms with E-state index in [0.29, 0.717) is 5.02 Å². The molecule has 19 heavy (non-hydrogen) atoms. The molecule has 0 aliphatic heterocycles. The van der Waals surface area contributed by atoms with Gasteiger partial charge in [0.1, 0.15) is 5.82 Å². The Balaban J connectivity index is 2.05. The fourth-order valence-electron chi connectivity index (χ4n) is 1.95. The monoisotopic (exact) mass is 341 g/mol. The van der Waals surface area contributed by atoms with Gasteiger partial charge in [0.15, 0.2) is 0 Å². The standard InChI is InChI=1S/C15H14BrClFN/c1-10(8-11-4-2-5-12(18)9-11)19-14-7-3-6-13(17)15(14)16/h2-7,9-10,19H,8H2,1H3. The van der Waals surface area contributed by atoms with Crippen molar-refractivity contribution in [2.75, 3.05) is 5.32 Å². The van der Waals surface area contributed by atoms with Crippen molar-refractivity contribution in [2.45, 2.75) is 19.4 Å². The lowest BCUT2D eigenvalue weighted by Crippen LogP contribution is -2.18. The van der Waals surface area contributed by atoms with Gasteiger partial charge in [0.05, 0.1) is 15.2 Å². The molecule has 100 valence electrons. The normalized spacial score (nSPS) is 12.2. The minimum Gasteiger partial charge on any atom is -0.381 e. The Labute approximate surface area is 125 Å². The fourth-order valence-corrected chi connectivity index (χ4v) is 2.50. The third-order valence-corrected chi connectivity index (χ3v) is 4.18. The van der Waals surface area contributed by atoms with Crippen LogP contribution < -0.4 is 5.32 Å². The summed E-state index contributed by atoms with van der Waals surface area (Å²) in [5, 5.41) is 4.03. The molecule has 0 spiro atoms. The highest BCUT2D eigenvalue weighted by atomic mass is 79.9. The highest BCUT2D eigenvalue weighted by Crippen LogP contribution is 2.30. The van der Waals surface area contributed by atoms with Gasteiger partial charge in [-0.1, -0.05) is 29.8 Å². The highest BCUT2D eigenvalue weighted by Gasteiger charge is 2.08. The molecular weight excluding hydrogens is 329 g/mol. The zero-order valence-corrected chi connectivity index (χ0v) is 12.8. The summed E-state index contributed by atoms with van der Waals surface area (Å²) in [7, 11) is 0. The Morgan fingerprint density at radius 3 is 2.74 bits per heavy atom. The Kier molecular flexibility index (Phi) is 4.83. The first-order valence-corrected chi connectivity index (χ1v) is 7.18. The zero-order valence-electron chi connectivity index (χ0n) is 10.5. The minimum atomic E-state index is -0.200. The van der Waals surface area contributed by atoms with Crippen LogP contribution in [0.3, 0.4) is 0 Å². The number of halogens is 3. The maximum atomic E-state index is 13.1. The number of nitrogens with one attached hydrogen (secondary N) is 1. The van der Waals surface area contributed by atoms with Gasteiger partial charge in [-0.2, -0.15) is 0 Å². The van der Waals surface area contributed by atoms with Crippen LogP contribution >= 0.6 is 27.5 Å². The van der Waals surface area contributed by atoms with E-state index < -0.39 is 0 Å². The number of hydrogen-bond donors (Lipinski definition) is 1. The van der Waals surface area contributed by atoms with E-state index in [0.717, 1.165) is 22.1 Å². The van der Waals surface area contributed by atoms with Crippen molar-refractivity contribution in [2.24, 2.45) is 0 Å². The Bertz CT molecular complexity index is 574. The summed E-state index contributed by atoms with van der Waals surface area (Å²) in [6.45, 7) is 2.05. The Hall–Kier alpha value is -1.06. The van der Waals surface area contributed by atoms with E-state index in [1.54, 1.807) is 12.1 Å². The first-order valence-electron chi connectivity index (χ1n) is 6.01. The van der Waals surface area contributed by atoms with E-state index in [2.05, 4.69) is 28.2 Å². The summed E-state index contributed by atoms with van der Waals surface area (Å²) in [5.74, 6) is -0.200. The van der Waals surface area contributed by atoms with E-state index in [4.69, 9.17) is 11.6 Å². The molecule has 0 aliphatic rings. The molecule has 0 aliphatic carbocycles. The molecule has 1 N–H and O–H groups in total. The first kappa shape index (κ1) is 14.4. The summed E-state index contributed by atoms with van der Waals surface area (Å²) in [5.41, 5.74) is 1.91. The SMILES string of the molecule is CC(Cc1cccc(F)c1)Nc1cccc(Cl)c1Br. The van der Waals surface area contributed by atoms with Crippen molar-refractivity contribution >= 4 is 33.2 Å². The molecule has 0 radical (unpaired) electrons. The lowest BCUT2D eigenvalue weighted by atomic mass is 10.1. The van der Waals surface area contributed by atoms with E-state index in [1.807, 2.05) is 24.3 Å². The van der Waals surface area contributed by atoms with E-state index in [9.17, 15) is 4.39 Å². The van der Waals surface area contributed by atoms with Crippen LogP contribution in [0.1, 0.15) is 12.5 Å². The Morgan fingerprint density at radius 2 is 2.00 bits per heavy atom. The number of hydrogen-bond acceptors (Lipinski definition) is 1. The number of rotatable bonds is 4. The minimum absolute atomic E-state index is 0.177. The third kappa shape index (κ3) is 3.95. The second kappa shape index (κ2) is 6.40. The third-order valence-electron chi connectivity index (χ3n) is 2.78. The predicted octanol–water partition coefficient (Wildman–Crippen LogP) is 5.28. The van der Waals surface area contributed by atoms with E-state index >= 15 is 0 Å². The smallest absolute Gasteiger partial charge is 0.123 e. The van der Waals surface area contributed by atoms with Crippen molar-refractivity contribution < 1.29 is 4.39 Å². The summed E-state index contributed by atoms with van der Waals surface area (Å²) in [6, 6.07) is 12.5. The molecule has 2 aromatic rings. The lowest BCUT2D eigenvalue weighted by Gasteiger charge is -2.17. The van der Waals surface area contributed by atoms with Crippen LogP contribution in [0.5, 0.6) is 0 Å². The number of benzene rings is 2. The van der Waals surface area contributed by atoms with Gasteiger partial charge in [0, 0.05) is 6.04 Å². The molecule has 0 amide bonds. The summed E-state index contributed by atoms with van der Waals surface area (Å²) < 4.78 is 14.0. The molecule has 0 saturated heterocycles. The van der Waals surface area contributed by atoms with Crippen molar-refractivity contribution in [3.05, 3.63) is 63.3 Å². The molecule has 0 heterocycles. The quantitative estimate of drug-likeness (QED) is 0.796. The van der Waals surface area contributed by atoms with Crippen molar-refractivity contribution in [1.29, 1.82) is 0 Å². The summed E-state index contributed by atoms with van der Waals surface area (Å²) >= 11 is 9.49. The summed E-state index contributed by atoms with van der Waals surface area (Å²) in [6.07, 6.45) is 0.747. The van der Waals surface area contributed by atoms with Gasteiger partial charge in [0.2, 0.25) is 0 Å². The second-order valence-corrected chi connectivity index (χ2v) is 5.68. The first-order chi connectivity index (χ1) is 9.06. The van der Waals surface area contributed by atoms with Crippen LogP contribution in [0.4, 0.5) is 10.1 Å². The van der Waals surface area contributed by atoms with Crippen molar-refractivity contribution in [1.82, 2.24) is 0 Å². The van der Waals surface area contributed by atoms with Gasteiger partial charge < -0.3 is 5.32 Å². The van der Waals surface area contributed by atoms with Crippen LogP contribution in [0, 0.1) is 5.82 Å². The van der Waals surface area contributed by atoms with Gasteiger partial charge in [0.25, 0.3) is 0 Å². The Morgan fingerprint density at radius 1 is 1.26 bits per heavy atom. The number of anilines is 1. The van der Waals surface area contributed by atoms with Gasteiger partial charge in [-0.25, -0.2) is 4.39 Å². The van der Waals surface area contributed by atoms with Crippen molar-refractivity contribution in [3.63, 3.8) is 0 Å². The average molecular weight is 343 g/mol. The molecule has 0 bridgehead atoms. The van der Waals surface area contributed by atoms with Gasteiger partial charge in [-0.15, -0.1) is 0 Å². The second-order valence-electron chi connectivity index (χ2n) is 4.48. The highest BCUT2D eigenvalue weighted by molar-refractivity contribution is 9.10. The molecule has 0 aromatic heterocycles. The molecular formula is C15H14BrClFN. The molecule has 0 saturated carbocycles.